The van der Waals surface area contributed by atoms with Crippen LogP contribution in [0.3, 0.4) is 0 Å². The van der Waals surface area contributed by atoms with Gasteiger partial charge in [0.1, 0.15) is 5.82 Å². The fraction of sp³-hybridized carbons (Fsp3) is 0.538. The van der Waals surface area contributed by atoms with E-state index in [0.29, 0.717) is 6.54 Å². The van der Waals surface area contributed by atoms with Crippen LogP contribution >= 0.6 is 0 Å². The highest BCUT2D eigenvalue weighted by atomic mass is 19.4. The molecule has 2 atom stereocenters. The molecule has 1 N–H and O–H groups in total. The Morgan fingerprint density at radius 2 is 1.89 bits per heavy atom. The van der Waals surface area contributed by atoms with Crippen LogP contribution in [0.5, 0.6) is 0 Å². The zero-order valence-corrected chi connectivity index (χ0v) is 10.2. The standard InChI is InChI=1S/C13H15F4NO/c14-10-5-3-9(4-6-10)11-2-1-7-18(11)8-12(19)13(15,16)17/h3-6,11-12,19H,1-2,7-8H2/t11-,12+/m1/s1. The summed E-state index contributed by atoms with van der Waals surface area (Å²) in [6.45, 7) is 0.0702. The summed E-state index contributed by atoms with van der Waals surface area (Å²) in [4.78, 5) is 1.60. The van der Waals surface area contributed by atoms with E-state index in [1.54, 1.807) is 17.0 Å². The number of alkyl halides is 3. The van der Waals surface area contributed by atoms with Crippen LogP contribution < -0.4 is 0 Å². The minimum absolute atomic E-state index is 0.183. The van der Waals surface area contributed by atoms with E-state index < -0.39 is 18.8 Å². The molecule has 0 spiro atoms. The molecule has 1 aliphatic heterocycles. The predicted octanol–water partition coefficient (Wildman–Crippen LogP) is 2.89. The van der Waals surface area contributed by atoms with Crippen LogP contribution in [0.2, 0.25) is 0 Å². The topological polar surface area (TPSA) is 23.5 Å². The number of nitrogens with zero attached hydrogens (tertiary/aromatic N) is 1. The number of hydrogen-bond acceptors (Lipinski definition) is 2. The zero-order valence-electron chi connectivity index (χ0n) is 10.2. The van der Waals surface area contributed by atoms with Crippen molar-refractivity contribution in [3.8, 4) is 0 Å². The molecule has 6 heteroatoms. The second-order valence-corrected chi connectivity index (χ2v) is 4.76. The summed E-state index contributed by atoms with van der Waals surface area (Å²) >= 11 is 0. The zero-order chi connectivity index (χ0) is 14.0. The third-order valence-electron chi connectivity index (χ3n) is 3.40. The molecule has 0 amide bonds. The van der Waals surface area contributed by atoms with Gasteiger partial charge in [0.2, 0.25) is 0 Å². The van der Waals surface area contributed by atoms with Gasteiger partial charge >= 0.3 is 6.18 Å². The number of rotatable bonds is 3. The van der Waals surface area contributed by atoms with Crippen molar-refractivity contribution in [2.45, 2.75) is 31.2 Å². The van der Waals surface area contributed by atoms with Crippen LogP contribution in [-0.4, -0.2) is 35.4 Å². The van der Waals surface area contributed by atoms with E-state index in [0.717, 1.165) is 18.4 Å². The van der Waals surface area contributed by atoms with Gasteiger partial charge in [0.25, 0.3) is 0 Å². The van der Waals surface area contributed by atoms with Crippen LogP contribution in [0, 0.1) is 5.82 Å². The fourth-order valence-electron chi connectivity index (χ4n) is 2.43. The van der Waals surface area contributed by atoms with E-state index in [4.69, 9.17) is 5.11 Å². The predicted molar refractivity (Wildman–Crippen MR) is 62.0 cm³/mol. The first-order valence-electron chi connectivity index (χ1n) is 6.12. The number of aliphatic hydroxyl groups is 1. The minimum Gasteiger partial charge on any atom is -0.382 e. The molecule has 0 unspecified atom stereocenters. The molecule has 1 aliphatic rings. The average molecular weight is 277 g/mol. The summed E-state index contributed by atoms with van der Waals surface area (Å²) in [6.07, 6.45) is -5.45. The van der Waals surface area contributed by atoms with Crippen molar-refractivity contribution in [1.29, 1.82) is 0 Å². The van der Waals surface area contributed by atoms with Crippen LogP contribution in [0.15, 0.2) is 24.3 Å². The van der Waals surface area contributed by atoms with Gasteiger partial charge in [0, 0.05) is 12.6 Å². The lowest BCUT2D eigenvalue weighted by molar-refractivity contribution is -0.208. The summed E-state index contributed by atoms with van der Waals surface area (Å²) in [6, 6.07) is 5.58. The maximum atomic E-state index is 12.8. The van der Waals surface area contributed by atoms with Crippen molar-refractivity contribution in [2.24, 2.45) is 0 Å². The SMILES string of the molecule is O[C@@H](CN1CCC[C@@H]1c1ccc(F)cc1)C(F)(F)F. The number of hydrogen-bond donors (Lipinski definition) is 1. The van der Waals surface area contributed by atoms with Gasteiger partial charge in [-0.2, -0.15) is 13.2 Å². The van der Waals surface area contributed by atoms with Gasteiger partial charge in [-0.25, -0.2) is 4.39 Å². The number of halogens is 4. The van der Waals surface area contributed by atoms with Crippen molar-refractivity contribution in [1.82, 2.24) is 4.90 Å². The first-order valence-corrected chi connectivity index (χ1v) is 6.12. The van der Waals surface area contributed by atoms with Crippen molar-refractivity contribution in [3.63, 3.8) is 0 Å². The van der Waals surface area contributed by atoms with E-state index in [1.807, 2.05) is 0 Å². The minimum atomic E-state index is -4.60. The third-order valence-corrected chi connectivity index (χ3v) is 3.40. The van der Waals surface area contributed by atoms with Crippen LogP contribution in [0.25, 0.3) is 0 Å². The molecular formula is C13H15F4NO. The molecule has 0 aliphatic carbocycles. The van der Waals surface area contributed by atoms with Gasteiger partial charge in [-0.3, -0.25) is 4.90 Å². The van der Waals surface area contributed by atoms with Crippen LogP contribution in [0.1, 0.15) is 24.4 Å². The molecule has 106 valence electrons. The maximum Gasteiger partial charge on any atom is 0.415 e. The van der Waals surface area contributed by atoms with E-state index in [1.165, 1.54) is 12.1 Å². The highest BCUT2D eigenvalue weighted by Crippen LogP contribution is 2.33. The van der Waals surface area contributed by atoms with E-state index in [9.17, 15) is 17.6 Å². The number of benzene rings is 1. The van der Waals surface area contributed by atoms with E-state index in [-0.39, 0.29) is 11.9 Å². The summed E-state index contributed by atoms with van der Waals surface area (Å²) in [5.74, 6) is -0.372. The maximum absolute atomic E-state index is 12.8. The lowest BCUT2D eigenvalue weighted by atomic mass is 10.0. The first-order chi connectivity index (χ1) is 8.88. The molecule has 2 nitrogen and oxygen atoms in total. The van der Waals surface area contributed by atoms with Crippen LogP contribution in [-0.2, 0) is 0 Å². The van der Waals surface area contributed by atoms with Gasteiger partial charge in [-0.1, -0.05) is 12.1 Å². The van der Waals surface area contributed by atoms with Gasteiger partial charge in [-0.05, 0) is 37.1 Å². The van der Waals surface area contributed by atoms with Gasteiger partial charge in [0.05, 0.1) is 0 Å². The van der Waals surface area contributed by atoms with Gasteiger partial charge in [-0.15, -0.1) is 0 Å². The third kappa shape index (κ3) is 3.45. The largest absolute Gasteiger partial charge is 0.415 e. The van der Waals surface area contributed by atoms with Crippen molar-refractivity contribution in [3.05, 3.63) is 35.6 Å². The second kappa shape index (κ2) is 5.46. The lowest BCUT2D eigenvalue weighted by Crippen LogP contribution is -2.40. The Bertz CT molecular complexity index is 418. The highest BCUT2D eigenvalue weighted by molar-refractivity contribution is 5.21. The molecule has 2 rings (SSSR count). The molecule has 0 bridgehead atoms. The van der Waals surface area contributed by atoms with E-state index >= 15 is 0 Å². The number of β-amino-alcohol motifs (C(OH)–C–C–N with tert-alkyl or cyclic N) is 1. The molecule has 0 radical (unpaired) electrons. The summed E-state index contributed by atoms with van der Waals surface area (Å²) in [5.41, 5.74) is 0.785. The molecule has 0 saturated carbocycles. The second-order valence-electron chi connectivity index (χ2n) is 4.76. The Morgan fingerprint density at radius 1 is 1.26 bits per heavy atom. The van der Waals surface area contributed by atoms with Crippen LogP contribution in [0.4, 0.5) is 17.6 Å². The van der Waals surface area contributed by atoms with Gasteiger partial charge < -0.3 is 5.11 Å². The normalized spacial score (nSPS) is 22.7. The molecule has 1 aromatic carbocycles. The molecule has 1 fully saturated rings. The molecule has 0 aromatic heterocycles. The summed E-state index contributed by atoms with van der Waals surface area (Å²) < 4.78 is 49.9. The first kappa shape index (κ1) is 14.3. The molecule has 1 heterocycles. The summed E-state index contributed by atoms with van der Waals surface area (Å²) in [5, 5.41) is 9.13. The van der Waals surface area contributed by atoms with Crippen molar-refractivity contribution in [2.75, 3.05) is 13.1 Å². The van der Waals surface area contributed by atoms with Crippen molar-refractivity contribution >= 4 is 0 Å². The monoisotopic (exact) mass is 277 g/mol. The highest BCUT2D eigenvalue weighted by Gasteiger charge is 2.41. The Kier molecular flexibility index (Phi) is 4.10. The quantitative estimate of drug-likeness (QED) is 0.859. The molecule has 1 aromatic rings. The Hall–Kier alpha value is -1.14. The van der Waals surface area contributed by atoms with Crippen molar-refractivity contribution < 1.29 is 22.7 Å². The lowest BCUT2D eigenvalue weighted by Gasteiger charge is -2.27. The molecule has 1 saturated heterocycles. The Balaban J connectivity index is 2.07. The molecule has 19 heavy (non-hydrogen) atoms. The Morgan fingerprint density at radius 3 is 2.47 bits per heavy atom. The van der Waals surface area contributed by atoms with E-state index in [2.05, 4.69) is 0 Å². The summed E-state index contributed by atoms with van der Waals surface area (Å²) in [7, 11) is 0. The Labute approximate surface area is 108 Å². The number of aliphatic hydroxyl groups excluding tert-OH is 1. The fourth-order valence-corrected chi connectivity index (χ4v) is 2.43. The molecular weight excluding hydrogens is 262 g/mol. The average Bonchev–Trinajstić information content (AvgIpc) is 2.77. The number of likely N-dealkylation sites (tertiary alicyclic amines) is 1. The smallest absolute Gasteiger partial charge is 0.382 e. The van der Waals surface area contributed by atoms with Gasteiger partial charge in [0.15, 0.2) is 6.10 Å².